The van der Waals surface area contributed by atoms with E-state index >= 15 is 0 Å². The summed E-state index contributed by atoms with van der Waals surface area (Å²) in [4.78, 5) is 10.7. The van der Waals surface area contributed by atoms with Crippen molar-refractivity contribution in [2.45, 2.75) is 13.8 Å². The van der Waals surface area contributed by atoms with E-state index in [4.69, 9.17) is 9.84 Å². The molecule has 3 nitrogen and oxygen atoms in total. The van der Waals surface area contributed by atoms with Crippen LogP contribution >= 0.6 is 0 Å². The summed E-state index contributed by atoms with van der Waals surface area (Å²) < 4.78 is 5.26. The molecular formula is C10H12O3. The van der Waals surface area contributed by atoms with Crippen LogP contribution in [0.5, 0.6) is 5.75 Å². The molecule has 0 bridgehead atoms. The highest BCUT2D eigenvalue weighted by Gasteiger charge is 2.09. The second-order valence-corrected chi connectivity index (χ2v) is 2.67. The van der Waals surface area contributed by atoms with Gasteiger partial charge in [0.25, 0.3) is 0 Å². The van der Waals surface area contributed by atoms with Gasteiger partial charge in [-0.2, -0.15) is 0 Å². The van der Waals surface area contributed by atoms with E-state index < -0.39 is 5.97 Å². The van der Waals surface area contributed by atoms with Gasteiger partial charge in [0.2, 0.25) is 0 Å². The maximum absolute atomic E-state index is 10.7. The summed E-state index contributed by atoms with van der Waals surface area (Å²) in [5.74, 6) is -0.276. The number of carbonyl (C=O) groups is 1. The van der Waals surface area contributed by atoms with Crippen LogP contribution in [0.25, 0.3) is 0 Å². The molecule has 1 N–H and O–H groups in total. The number of hydrogen-bond donors (Lipinski definition) is 1. The van der Waals surface area contributed by atoms with E-state index in [1.54, 1.807) is 25.1 Å². The van der Waals surface area contributed by atoms with Gasteiger partial charge in [-0.15, -0.1) is 0 Å². The van der Waals surface area contributed by atoms with Crippen molar-refractivity contribution in [1.29, 1.82) is 0 Å². The monoisotopic (exact) mass is 180 g/mol. The summed E-state index contributed by atoms with van der Waals surface area (Å²) in [6.07, 6.45) is 0. The average molecular weight is 180 g/mol. The summed E-state index contributed by atoms with van der Waals surface area (Å²) in [6.45, 7) is 4.16. The van der Waals surface area contributed by atoms with E-state index in [1.807, 2.05) is 6.92 Å². The van der Waals surface area contributed by atoms with Crippen molar-refractivity contribution in [2.75, 3.05) is 6.61 Å². The Labute approximate surface area is 77.0 Å². The van der Waals surface area contributed by atoms with Crippen molar-refractivity contribution in [3.05, 3.63) is 29.3 Å². The Hall–Kier alpha value is -1.51. The van der Waals surface area contributed by atoms with Crippen molar-refractivity contribution < 1.29 is 14.6 Å². The summed E-state index contributed by atoms with van der Waals surface area (Å²) in [5.41, 5.74) is 0.975. The summed E-state index contributed by atoms with van der Waals surface area (Å²) in [7, 11) is 0. The van der Waals surface area contributed by atoms with E-state index in [0.717, 1.165) is 0 Å². The molecular weight excluding hydrogens is 168 g/mol. The Morgan fingerprint density at radius 1 is 1.54 bits per heavy atom. The molecule has 0 aliphatic rings. The highest BCUT2D eigenvalue weighted by atomic mass is 16.5. The molecule has 13 heavy (non-hydrogen) atoms. The number of carboxylic acid groups (broad SMARTS) is 1. The third kappa shape index (κ3) is 1.99. The molecule has 0 unspecified atom stereocenters. The van der Waals surface area contributed by atoms with Crippen LogP contribution in [-0.2, 0) is 0 Å². The number of benzene rings is 1. The van der Waals surface area contributed by atoms with E-state index in [0.29, 0.717) is 23.5 Å². The molecule has 0 aliphatic carbocycles. The SMILES string of the molecule is CCOc1cccc(C(=O)O)c1C. The Kier molecular flexibility index (Phi) is 2.90. The van der Waals surface area contributed by atoms with E-state index in [-0.39, 0.29) is 0 Å². The lowest BCUT2D eigenvalue weighted by Gasteiger charge is -2.08. The Balaban J connectivity index is 3.10. The average Bonchev–Trinajstić information content (AvgIpc) is 2.08. The van der Waals surface area contributed by atoms with E-state index in [9.17, 15) is 4.79 Å². The first-order valence-corrected chi connectivity index (χ1v) is 4.12. The molecule has 0 saturated carbocycles. The first-order chi connectivity index (χ1) is 6.16. The minimum absolute atomic E-state index is 0.297. The summed E-state index contributed by atoms with van der Waals surface area (Å²) >= 11 is 0. The van der Waals surface area contributed by atoms with Gasteiger partial charge in [0, 0.05) is 5.56 Å². The van der Waals surface area contributed by atoms with Gasteiger partial charge < -0.3 is 9.84 Å². The predicted molar refractivity (Wildman–Crippen MR) is 49.3 cm³/mol. The van der Waals surface area contributed by atoms with Crippen LogP contribution in [0, 0.1) is 6.92 Å². The van der Waals surface area contributed by atoms with Crippen LogP contribution < -0.4 is 4.74 Å². The molecule has 0 heterocycles. The quantitative estimate of drug-likeness (QED) is 0.774. The zero-order valence-electron chi connectivity index (χ0n) is 7.70. The van der Waals surface area contributed by atoms with Crippen molar-refractivity contribution in [1.82, 2.24) is 0 Å². The fourth-order valence-electron chi connectivity index (χ4n) is 1.16. The zero-order valence-corrected chi connectivity index (χ0v) is 7.70. The van der Waals surface area contributed by atoms with Crippen molar-refractivity contribution in [3.63, 3.8) is 0 Å². The first-order valence-electron chi connectivity index (χ1n) is 4.12. The third-order valence-corrected chi connectivity index (χ3v) is 1.81. The Morgan fingerprint density at radius 2 is 2.23 bits per heavy atom. The predicted octanol–water partition coefficient (Wildman–Crippen LogP) is 2.09. The van der Waals surface area contributed by atoms with E-state index in [1.165, 1.54) is 0 Å². The van der Waals surface area contributed by atoms with Crippen LogP contribution in [-0.4, -0.2) is 17.7 Å². The second-order valence-electron chi connectivity index (χ2n) is 2.67. The number of ether oxygens (including phenoxy) is 1. The lowest BCUT2D eigenvalue weighted by Crippen LogP contribution is -2.02. The number of rotatable bonds is 3. The molecule has 0 atom stereocenters. The van der Waals surface area contributed by atoms with Crippen LogP contribution in [0.3, 0.4) is 0 Å². The largest absolute Gasteiger partial charge is 0.494 e. The van der Waals surface area contributed by atoms with Crippen LogP contribution in [0.1, 0.15) is 22.8 Å². The molecule has 0 amide bonds. The van der Waals surface area contributed by atoms with E-state index in [2.05, 4.69) is 0 Å². The molecule has 0 radical (unpaired) electrons. The maximum Gasteiger partial charge on any atom is 0.336 e. The van der Waals surface area contributed by atoms with Crippen molar-refractivity contribution >= 4 is 5.97 Å². The lowest BCUT2D eigenvalue weighted by molar-refractivity contribution is 0.0695. The van der Waals surface area contributed by atoms with Crippen LogP contribution in [0.15, 0.2) is 18.2 Å². The van der Waals surface area contributed by atoms with Crippen LogP contribution in [0.2, 0.25) is 0 Å². The summed E-state index contributed by atoms with van der Waals surface area (Å²) in [6, 6.07) is 5.02. The third-order valence-electron chi connectivity index (χ3n) is 1.81. The van der Waals surface area contributed by atoms with Crippen LogP contribution in [0.4, 0.5) is 0 Å². The Morgan fingerprint density at radius 3 is 2.77 bits per heavy atom. The standard InChI is InChI=1S/C10H12O3/c1-3-13-9-6-4-5-8(7(9)2)10(11)12/h4-6H,3H2,1-2H3,(H,11,12). The lowest BCUT2D eigenvalue weighted by atomic mass is 10.1. The molecule has 1 aromatic carbocycles. The topological polar surface area (TPSA) is 46.5 Å². The van der Waals surface area contributed by atoms with Crippen molar-refractivity contribution in [3.8, 4) is 5.75 Å². The van der Waals surface area contributed by atoms with Gasteiger partial charge in [-0.05, 0) is 26.0 Å². The molecule has 0 fully saturated rings. The zero-order chi connectivity index (χ0) is 9.84. The second kappa shape index (κ2) is 3.94. The van der Waals surface area contributed by atoms with Gasteiger partial charge in [-0.25, -0.2) is 4.79 Å². The molecule has 3 heteroatoms. The van der Waals surface area contributed by atoms with Gasteiger partial charge in [-0.3, -0.25) is 0 Å². The first kappa shape index (κ1) is 9.58. The minimum Gasteiger partial charge on any atom is -0.494 e. The minimum atomic E-state index is -0.918. The van der Waals surface area contributed by atoms with Gasteiger partial charge in [0.15, 0.2) is 0 Å². The highest BCUT2D eigenvalue weighted by Crippen LogP contribution is 2.21. The fourth-order valence-corrected chi connectivity index (χ4v) is 1.16. The maximum atomic E-state index is 10.7. The molecule has 0 aromatic heterocycles. The molecule has 0 aliphatic heterocycles. The molecule has 1 aromatic rings. The molecule has 1 rings (SSSR count). The van der Waals surface area contributed by atoms with Gasteiger partial charge in [0.1, 0.15) is 5.75 Å². The van der Waals surface area contributed by atoms with Gasteiger partial charge in [-0.1, -0.05) is 6.07 Å². The summed E-state index contributed by atoms with van der Waals surface area (Å²) in [5, 5.41) is 8.80. The molecule has 0 spiro atoms. The Bertz CT molecular complexity index is 318. The number of aromatic carboxylic acids is 1. The highest BCUT2D eigenvalue weighted by molar-refractivity contribution is 5.90. The number of carboxylic acids is 1. The smallest absolute Gasteiger partial charge is 0.336 e. The fraction of sp³-hybridized carbons (Fsp3) is 0.300. The number of hydrogen-bond acceptors (Lipinski definition) is 2. The normalized spacial score (nSPS) is 9.69. The molecule has 0 saturated heterocycles. The van der Waals surface area contributed by atoms with Gasteiger partial charge >= 0.3 is 5.97 Å². The van der Waals surface area contributed by atoms with Gasteiger partial charge in [0.05, 0.1) is 12.2 Å². The van der Waals surface area contributed by atoms with Crippen molar-refractivity contribution in [2.24, 2.45) is 0 Å². The molecule has 70 valence electrons.